The van der Waals surface area contributed by atoms with Crippen LogP contribution in [0.3, 0.4) is 0 Å². The molecular weight excluding hydrogens is 400 g/mol. The predicted molar refractivity (Wildman–Crippen MR) is 131 cm³/mol. The lowest BCUT2D eigenvalue weighted by molar-refractivity contribution is 0.0508. The Morgan fingerprint density at radius 2 is 1.44 bits per heavy atom. The summed E-state index contributed by atoms with van der Waals surface area (Å²) in [5, 5.41) is 8.59. The molecule has 1 aromatic heterocycles. The highest BCUT2D eigenvalue weighted by Gasteiger charge is 2.10. The van der Waals surface area contributed by atoms with Crippen LogP contribution in [0.5, 0.6) is 11.6 Å². The lowest BCUT2D eigenvalue weighted by atomic mass is 10.1. The normalized spacial score (nSPS) is 13.0. The molecule has 2 atom stereocenters. The third-order valence-electron chi connectivity index (χ3n) is 5.46. The van der Waals surface area contributed by atoms with E-state index in [-0.39, 0.29) is 12.2 Å². The average Bonchev–Trinajstić information content (AvgIpc) is 2.82. The van der Waals surface area contributed by atoms with Gasteiger partial charge in [0.1, 0.15) is 5.75 Å². The Balaban J connectivity index is 1.72. The van der Waals surface area contributed by atoms with Gasteiger partial charge in [-0.25, -0.2) is 0 Å². The smallest absolute Gasteiger partial charge is 0.233 e. The van der Waals surface area contributed by atoms with Gasteiger partial charge in [-0.1, -0.05) is 46.0 Å². The van der Waals surface area contributed by atoms with Crippen LogP contribution in [-0.4, -0.2) is 35.6 Å². The Labute approximate surface area is 194 Å². The van der Waals surface area contributed by atoms with E-state index in [1.807, 2.05) is 36.4 Å². The summed E-state index contributed by atoms with van der Waals surface area (Å²) in [4.78, 5) is 0. The van der Waals surface area contributed by atoms with Crippen molar-refractivity contribution in [3.05, 3.63) is 36.4 Å². The van der Waals surface area contributed by atoms with E-state index in [2.05, 4.69) is 37.9 Å². The average molecular weight is 443 g/mol. The summed E-state index contributed by atoms with van der Waals surface area (Å²) < 4.78 is 17.5. The number of ether oxygens (including phenoxy) is 3. The molecule has 0 aliphatic rings. The maximum atomic E-state index is 5.92. The van der Waals surface area contributed by atoms with Crippen LogP contribution in [0.2, 0.25) is 0 Å². The van der Waals surface area contributed by atoms with Crippen LogP contribution in [0, 0.1) is 0 Å². The predicted octanol–water partition coefficient (Wildman–Crippen LogP) is 7.25. The van der Waals surface area contributed by atoms with Gasteiger partial charge in [0.2, 0.25) is 5.88 Å². The largest absolute Gasteiger partial charge is 0.494 e. The lowest BCUT2D eigenvalue weighted by Crippen LogP contribution is -2.17. The lowest BCUT2D eigenvalue weighted by Gasteiger charge is -2.17. The minimum atomic E-state index is 0.0749. The summed E-state index contributed by atoms with van der Waals surface area (Å²) in [6.07, 6.45) is 10.9. The summed E-state index contributed by atoms with van der Waals surface area (Å²) in [6.45, 7) is 10.1. The molecular formula is C27H42N2O3. The SMILES string of the molecule is CCCCCCCCOc1ccc(-c2ccc(O[C@@H](C)CC[C@H](C)OCCC)nn2)cc1. The van der Waals surface area contributed by atoms with Gasteiger partial charge < -0.3 is 14.2 Å². The van der Waals surface area contributed by atoms with Gasteiger partial charge in [-0.2, -0.15) is 0 Å². The summed E-state index contributed by atoms with van der Waals surface area (Å²) >= 11 is 0. The third-order valence-corrected chi connectivity index (χ3v) is 5.46. The van der Waals surface area contributed by atoms with Gasteiger partial charge in [0.05, 0.1) is 24.5 Å². The van der Waals surface area contributed by atoms with Crippen LogP contribution in [0.4, 0.5) is 0 Å². The Kier molecular flexibility index (Phi) is 12.8. The van der Waals surface area contributed by atoms with Crippen LogP contribution < -0.4 is 9.47 Å². The molecule has 0 aliphatic heterocycles. The molecule has 178 valence electrons. The van der Waals surface area contributed by atoms with Crippen molar-refractivity contribution in [1.82, 2.24) is 10.2 Å². The summed E-state index contributed by atoms with van der Waals surface area (Å²) in [5.41, 5.74) is 1.85. The molecule has 0 aliphatic carbocycles. The van der Waals surface area contributed by atoms with Gasteiger partial charge >= 0.3 is 0 Å². The molecule has 0 amide bonds. The van der Waals surface area contributed by atoms with Crippen molar-refractivity contribution in [3.63, 3.8) is 0 Å². The molecule has 0 fully saturated rings. The van der Waals surface area contributed by atoms with E-state index < -0.39 is 0 Å². The molecule has 1 aromatic carbocycles. The zero-order chi connectivity index (χ0) is 23.0. The molecule has 1 heterocycles. The standard InChI is InChI=1S/C27H42N2O3/c1-5-7-8-9-10-11-21-31-25-16-14-24(15-17-25)26-18-19-27(29-28-26)32-23(4)13-12-22(3)30-20-6-2/h14-19,22-23H,5-13,20-21H2,1-4H3/t22-,23-/m0/s1. The van der Waals surface area contributed by atoms with Crippen molar-refractivity contribution >= 4 is 0 Å². The zero-order valence-corrected chi connectivity index (χ0v) is 20.5. The molecule has 5 heteroatoms. The molecule has 0 spiro atoms. The fourth-order valence-electron chi connectivity index (χ4n) is 3.47. The number of hydrogen-bond donors (Lipinski definition) is 0. The van der Waals surface area contributed by atoms with Crippen LogP contribution in [0.15, 0.2) is 36.4 Å². The molecule has 0 saturated carbocycles. The quantitative estimate of drug-likeness (QED) is 0.242. The van der Waals surface area contributed by atoms with Crippen LogP contribution in [0.1, 0.15) is 85.5 Å². The fourth-order valence-corrected chi connectivity index (χ4v) is 3.47. The first kappa shape index (κ1) is 26.1. The Bertz CT molecular complexity index is 719. The van der Waals surface area contributed by atoms with Crippen LogP contribution in [0.25, 0.3) is 11.3 Å². The van der Waals surface area contributed by atoms with Crippen molar-refractivity contribution in [3.8, 4) is 22.9 Å². The van der Waals surface area contributed by atoms with Crippen molar-refractivity contribution in [2.45, 2.75) is 97.7 Å². The van der Waals surface area contributed by atoms with Gasteiger partial charge in [0, 0.05) is 18.2 Å². The second-order valence-electron chi connectivity index (χ2n) is 8.58. The highest BCUT2D eigenvalue weighted by Crippen LogP contribution is 2.22. The van der Waals surface area contributed by atoms with E-state index in [4.69, 9.17) is 14.2 Å². The molecule has 0 radical (unpaired) electrons. The number of nitrogens with zero attached hydrogens (tertiary/aromatic N) is 2. The van der Waals surface area contributed by atoms with Gasteiger partial charge in [-0.3, -0.25) is 0 Å². The van der Waals surface area contributed by atoms with Crippen molar-refractivity contribution in [1.29, 1.82) is 0 Å². The van der Waals surface area contributed by atoms with Crippen LogP contribution >= 0.6 is 0 Å². The molecule has 2 rings (SSSR count). The monoisotopic (exact) mass is 442 g/mol. The van der Waals surface area contributed by atoms with E-state index >= 15 is 0 Å². The highest BCUT2D eigenvalue weighted by atomic mass is 16.5. The number of aromatic nitrogens is 2. The van der Waals surface area contributed by atoms with E-state index in [0.717, 1.165) is 55.9 Å². The van der Waals surface area contributed by atoms with Gasteiger partial charge in [0.25, 0.3) is 0 Å². The minimum absolute atomic E-state index is 0.0749. The Morgan fingerprint density at radius 1 is 0.719 bits per heavy atom. The molecule has 0 bridgehead atoms. The molecule has 2 aromatic rings. The van der Waals surface area contributed by atoms with Crippen LogP contribution in [-0.2, 0) is 4.74 Å². The van der Waals surface area contributed by atoms with Gasteiger partial charge in [0.15, 0.2) is 0 Å². The number of rotatable bonds is 17. The van der Waals surface area contributed by atoms with Crippen molar-refractivity contribution in [2.24, 2.45) is 0 Å². The number of unbranched alkanes of at least 4 members (excludes halogenated alkanes) is 5. The highest BCUT2D eigenvalue weighted by molar-refractivity contribution is 5.59. The first-order valence-electron chi connectivity index (χ1n) is 12.5. The topological polar surface area (TPSA) is 53.5 Å². The molecule has 32 heavy (non-hydrogen) atoms. The fraction of sp³-hybridized carbons (Fsp3) is 0.630. The Hall–Kier alpha value is -2.14. The van der Waals surface area contributed by atoms with Crippen molar-refractivity contribution < 1.29 is 14.2 Å². The van der Waals surface area contributed by atoms with Gasteiger partial charge in [-0.15, -0.1) is 10.2 Å². The minimum Gasteiger partial charge on any atom is -0.494 e. The molecule has 0 N–H and O–H groups in total. The van der Waals surface area contributed by atoms with E-state index in [1.165, 1.54) is 32.1 Å². The molecule has 5 nitrogen and oxygen atoms in total. The zero-order valence-electron chi connectivity index (χ0n) is 20.5. The Morgan fingerprint density at radius 3 is 2.12 bits per heavy atom. The first-order chi connectivity index (χ1) is 15.6. The number of benzene rings is 1. The third kappa shape index (κ3) is 10.4. The summed E-state index contributed by atoms with van der Waals surface area (Å²) in [6, 6.07) is 11.9. The first-order valence-corrected chi connectivity index (χ1v) is 12.5. The summed E-state index contributed by atoms with van der Waals surface area (Å²) in [5.74, 6) is 1.46. The maximum Gasteiger partial charge on any atom is 0.233 e. The van der Waals surface area contributed by atoms with E-state index in [9.17, 15) is 0 Å². The summed E-state index contributed by atoms with van der Waals surface area (Å²) in [7, 11) is 0. The molecule has 0 saturated heterocycles. The van der Waals surface area contributed by atoms with E-state index in [1.54, 1.807) is 0 Å². The molecule has 0 unspecified atom stereocenters. The van der Waals surface area contributed by atoms with Crippen molar-refractivity contribution in [2.75, 3.05) is 13.2 Å². The van der Waals surface area contributed by atoms with Gasteiger partial charge in [-0.05, 0) is 69.9 Å². The second kappa shape index (κ2) is 15.6. The maximum absolute atomic E-state index is 5.92. The van der Waals surface area contributed by atoms with E-state index in [0.29, 0.717) is 5.88 Å². The number of hydrogen-bond acceptors (Lipinski definition) is 5. The second-order valence-corrected chi connectivity index (χ2v) is 8.58.